The molecule has 0 atom stereocenters. The number of hydrogen-bond acceptors (Lipinski definition) is 1. The number of imidazole rings is 1. The highest BCUT2D eigenvalue weighted by Crippen LogP contribution is 2.33. The maximum Gasteiger partial charge on any atom is 0.417 e. The molecule has 0 unspecified atom stereocenters. The highest BCUT2D eigenvalue weighted by Gasteiger charge is 2.31. The monoisotopic (exact) mass is 330 g/mol. The number of pyridine rings is 1. The zero-order valence-corrected chi connectivity index (χ0v) is 11.3. The number of halogens is 6. The molecule has 8 heteroatoms. The van der Waals surface area contributed by atoms with Crippen molar-refractivity contribution in [1.29, 1.82) is 0 Å². The first-order chi connectivity index (χ1) is 10.6. The third-order valence-corrected chi connectivity index (χ3v) is 3.26. The van der Waals surface area contributed by atoms with E-state index in [2.05, 4.69) is 4.98 Å². The highest BCUT2D eigenvalue weighted by molar-refractivity contribution is 5.63. The molecule has 0 saturated carbocycles. The number of nitrogens with zero attached hydrogens (tertiary/aromatic N) is 2. The van der Waals surface area contributed by atoms with Gasteiger partial charge in [-0.15, -0.1) is 0 Å². The lowest BCUT2D eigenvalue weighted by atomic mass is 10.1. The molecule has 0 fully saturated rings. The van der Waals surface area contributed by atoms with Crippen molar-refractivity contribution in [2.75, 3.05) is 0 Å². The summed E-state index contributed by atoms with van der Waals surface area (Å²) in [6, 6.07) is 6.51. The second kappa shape index (κ2) is 5.00. The van der Waals surface area contributed by atoms with Crippen LogP contribution in [-0.2, 0) is 12.4 Å². The molecule has 120 valence electrons. The van der Waals surface area contributed by atoms with Gasteiger partial charge in [0.15, 0.2) is 0 Å². The number of aromatic nitrogens is 2. The fourth-order valence-electron chi connectivity index (χ4n) is 2.15. The van der Waals surface area contributed by atoms with Crippen LogP contribution in [-0.4, -0.2) is 9.38 Å². The predicted octanol–water partition coefficient (Wildman–Crippen LogP) is 5.04. The van der Waals surface area contributed by atoms with E-state index in [0.717, 1.165) is 28.8 Å². The molecule has 0 N–H and O–H groups in total. The lowest BCUT2D eigenvalue weighted by Gasteiger charge is -2.07. The maximum absolute atomic E-state index is 12.7. The van der Waals surface area contributed by atoms with Crippen LogP contribution in [0.25, 0.3) is 16.9 Å². The summed E-state index contributed by atoms with van der Waals surface area (Å²) in [6.45, 7) is 0. The Hall–Kier alpha value is -2.51. The van der Waals surface area contributed by atoms with E-state index in [9.17, 15) is 26.3 Å². The molecule has 0 aliphatic rings. The van der Waals surface area contributed by atoms with E-state index in [1.165, 1.54) is 24.4 Å². The molecule has 3 rings (SSSR count). The van der Waals surface area contributed by atoms with Gasteiger partial charge in [0.25, 0.3) is 0 Å². The second-order valence-electron chi connectivity index (χ2n) is 4.89. The summed E-state index contributed by atoms with van der Waals surface area (Å²) < 4.78 is 77.3. The minimum absolute atomic E-state index is 0.162. The standard InChI is InChI=1S/C15H8F6N2/c16-14(17,18)10-3-1-2-9(6-10)12-8-23-7-11(15(19,20)21)4-5-13(23)22-12/h1-8H. The second-order valence-corrected chi connectivity index (χ2v) is 4.89. The fraction of sp³-hybridized carbons (Fsp3) is 0.133. The van der Waals surface area contributed by atoms with Crippen molar-refractivity contribution in [3.05, 3.63) is 59.9 Å². The van der Waals surface area contributed by atoms with E-state index >= 15 is 0 Å². The highest BCUT2D eigenvalue weighted by atomic mass is 19.4. The van der Waals surface area contributed by atoms with Gasteiger partial charge in [-0.25, -0.2) is 4.98 Å². The van der Waals surface area contributed by atoms with Crippen LogP contribution in [0, 0.1) is 0 Å². The number of hydrogen-bond donors (Lipinski definition) is 0. The van der Waals surface area contributed by atoms with Crippen molar-refractivity contribution < 1.29 is 26.3 Å². The average Bonchev–Trinajstić information content (AvgIpc) is 2.88. The lowest BCUT2D eigenvalue weighted by molar-refractivity contribution is -0.138. The molecular weight excluding hydrogens is 322 g/mol. The molecular formula is C15H8F6N2. The van der Waals surface area contributed by atoms with Crippen molar-refractivity contribution >= 4 is 5.65 Å². The van der Waals surface area contributed by atoms with Gasteiger partial charge in [-0.3, -0.25) is 0 Å². The quantitative estimate of drug-likeness (QED) is 0.572. The van der Waals surface area contributed by atoms with Crippen molar-refractivity contribution in [2.45, 2.75) is 12.4 Å². The normalized spacial score (nSPS) is 12.8. The first-order valence-corrected chi connectivity index (χ1v) is 6.38. The van der Waals surface area contributed by atoms with E-state index in [1.54, 1.807) is 0 Å². The molecule has 0 aliphatic heterocycles. The third-order valence-electron chi connectivity index (χ3n) is 3.26. The van der Waals surface area contributed by atoms with Gasteiger partial charge < -0.3 is 4.40 Å². The molecule has 0 saturated heterocycles. The van der Waals surface area contributed by atoms with E-state index < -0.39 is 23.5 Å². The minimum Gasteiger partial charge on any atom is -0.306 e. The van der Waals surface area contributed by atoms with Crippen LogP contribution >= 0.6 is 0 Å². The number of benzene rings is 1. The minimum atomic E-state index is -4.51. The lowest BCUT2D eigenvalue weighted by Crippen LogP contribution is -2.05. The Bertz CT molecular complexity index is 860. The Balaban J connectivity index is 2.07. The molecule has 3 aromatic rings. The Morgan fingerprint density at radius 3 is 2.13 bits per heavy atom. The van der Waals surface area contributed by atoms with Crippen LogP contribution in [0.4, 0.5) is 26.3 Å². The van der Waals surface area contributed by atoms with Gasteiger partial charge in [0.05, 0.1) is 16.8 Å². The maximum atomic E-state index is 12.7. The molecule has 0 aliphatic carbocycles. The van der Waals surface area contributed by atoms with E-state index in [-0.39, 0.29) is 16.9 Å². The summed E-state index contributed by atoms with van der Waals surface area (Å²) in [5.41, 5.74) is -1.15. The van der Waals surface area contributed by atoms with Crippen LogP contribution in [0.5, 0.6) is 0 Å². The largest absolute Gasteiger partial charge is 0.417 e. The number of rotatable bonds is 1. The van der Waals surface area contributed by atoms with Gasteiger partial charge in [-0.1, -0.05) is 12.1 Å². The van der Waals surface area contributed by atoms with E-state index in [1.807, 2.05) is 0 Å². The van der Waals surface area contributed by atoms with Crippen LogP contribution < -0.4 is 0 Å². The fourth-order valence-corrected chi connectivity index (χ4v) is 2.15. The van der Waals surface area contributed by atoms with E-state index in [0.29, 0.717) is 0 Å². The average molecular weight is 330 g/mol. The summed E-state index contributed by atoms with van der Waals surface area (Å²) in [7, 11) is 0. The number of alkyl halides is 6. The molecule has 0 amide bonds. The number of fused-ring (bicyclic) bond motifs is 1. The van der Waals surface area contributed by atoms with Gasteiger partial charge in [0, 0.05) is 18.0 Å². The van der Waals surface area contributed by atoms with Crippen molar-refractivity contribution in [2.24, 2.45) is 0 Å². The first-order valence-electron chi connectivity index (χ1n) is 6.38. The summed E-state index contributed by atoms with van der Waals surface area (Å²) in [4.78, 5) is 4.06. The zero-order chi connectivity index (χ0) is 16.8. The Labute approximate surface area is 126 Å². The molecule has 2 heterocycles. The SMILES string of the molecule is FC(F)(F)c1cccc(-c2cn3cc(C(F)(F)F)ccc3n2)c1. The van der Waals surface area contributed by atoms with Gasteiger partial charge in [-0.2, -0.15) is 26.3 Å². The van der Waals surface area contributed by atoms with Crippen molar-refractivity contribution in [3.63, 3.8) is 0 Å². The summed E-state index contributed by atoms with van der Waals surface area (Å²) >= 11 is 0. The topological polar surface area (TPSA) is 17.3 Å². The van der Waals surface area contributed by atoms with E-state index in [4.69, 9.17) is 0 Å². The zero-order valence-electron chi connectivity index (χ0n) is 11.3. The van der Waals surface area contributed by atoms with Gasteiger partial charge in [0.2, 0.25) is 0 Å². The van der Waals surface area contributed by atoms with Gasteiger partial charge in [0.1, 0.15) is 5.65 Å². The van der Waals surface area contributed by atoms with Gasteiger partial charge in [-0.05, 0) is 24.3 Å². The molecule has 0 bridgehead atoms. The van der Waals surface area contributed by atoms with Crippen molar-refractivity contribution in [3.8, 4) is 11.3 Å². The molecule has 0 spiro atoms. The Morgan fingerprint density at radius 2 is 1.48 bits per heavy atom. The van der Waals surface area contributed by atoms with Crippen LogP contribution in [0.2, 0.25) is 0 Å². The van der Waals surface area contributed by atoms with Crippen LogP contribution in [0.3, 0.4) is 0 Å². The molecule has 23 heavy (non-hydrogen) atoms. The predicted molar refractivity (Wildman–Crippen MR) is 70.6 cm³/mol. The molecule has 2 aromatic heterocycles. The Kier molecular flexibility index (Phi) is 3.35. The third kappa shape index (κ3) is 3.01. The molecule has 0 radical (unpaired) electrons. The first kappa shape index (κ1) is 15.4. The summed E-state index contributed by atoms with van der Waals surface area (Å²) in [5, 5.41) is 0. The summed E-state index contributed by atoms with van der Waals surface area (Å²) in [5.74, 6) is 0. The van der Waals surface area contributed by atoms with Crippen LogP contribution in [0.15, 0.2) is 48.8 Å². The van der Waals surface area contributed by atoms with Gasteiger partial charge >= 0.3 is 12.4 Å². The van der Waals surface area contributed by atoms with Crippen LogP contribution in [0.1, 0.15) is 11.1 Å². The molecule has 2 nitrogen and oxygen atoms in total. The van der Waals surface area contributed by atoms with Crippen molar-refractivity contribution in [1.82, 2.24) is 9.38 Å². The summed E-state index contributed by atoms with van der Waals surface area (Å²) in [6.07, 6.45) is -6.90. The smallest absolute Gasteiger partial charge is 0.306 e. The molecule has 1 aromatic carbocycles. The Morgan fingerprint density at radius 1 is 0.783 bits per heavy atom.